The summed E-state index contributed by atoms with van der Waals surface area (Å²) in [4.78, 5) is 26.0. The van der Waals surface area contributed by atoms with E-state index in [1.54, 1.807) is 18.3 Å². The van der Waals surface area contributed by atoms with Crippen LogP contribution in [0.15, 0.2) is 34.9 Å². The molecule has 0 aromatic carbocycles. The van der Waals surface area contributed by atoms with E-state index < -0.39 is 0 Å². The first-order valence-electron chi connectivity index (χ1n) is 8.30. The van der Waals surface area contributed by atoms with Crippen molar-refractivity contribution >= 4 is 27.5 Å². The lowest BCUT2D eigenvalue weighted by Gasteiger charge is -2.35. The third kappa shape index (κ3) is 4.23. The van der Waals surface area contributed by atoms with Crippen LogP contribution in [0.25, 0.3) is 0 Å². The Kier molecular flexibility index (Phi) is 5.78. The van der Waals surface area contributed by atoms with Crippen LogP contribution in [0.1, 0.15) is 24.6 Å². The van der Waals surface area contributed by atoms with Gasteiger partial charge in [-0.2, -0.15) is 0 Å². The highest BCUT2D eigenvalue weighted by Gasteiger charge is 2.20. The van der Waals surface area contributed by atoms with E-state index in [1.165, 1.54) is 0 Å². The van der Waals surface area contributed by atoms with Crippen molar-refractivity contribution < 1.29 is 12.8 Å². The number of aryl methyl sites for hydroxylation is 1. The fourth-order valence-corrected chi connectivity index (χ4v) is 3.27. The molecule has 1 N–H and O–H groups in total. The average molecular weight is 409 g/mol. The fraction of sp³-hybridized carbons (Fsp3) is 0.389. The smallest absolute Gasteiger partial charge is 0.213 e. The Bertz CT molecular complexity index is 771. The van der Waals surface area contributed by atoms with Crippen molar-refractivity contribution in [1.82, 2.24) is 14.9 Å². The molecule has 0 saturated carbocycles. The molecule has 0 bridgehead atoms. The zero-order chi connectivity index (χ0) is 17.8. The second-order valence-corrected chi connectivity index (χ2v) is 6.96. The molecule has 3 rings (SSSR count). The standard InChI is InChI=1S/C18H21BrN4O2.2H2/c1-13-15(11-14(19)12-20-13)18(25)16-3-2-4-17(21-16)23-7-5-22(6-8-23)9-10-24;;/h2-4,11-12,24H,5-10H2,1H3;2*1H. The average Bonchev–Trinajstić information content (AvgIpc) is 2.64. The Morgan fingerprint density at radius 2 is 2.08 bits per heavy atom. The maximum absolute atomic E-state index is 12.8. The molecular weight excluding hydrogens is 384 g/mol. The Hall–Kier alpha value is -1.83. The number of rotatable bonds is 5. The van der Waals surface area contributed by atoms with E-state index >= 15 is 0 Å². The van der Waals surface area contributed by atoms with E-state index in [2.05, 4.69) is 35.7 Å². The van der Waals surface area contributed by atoms with E-state index in [1.807, 2.05) is 19.1 Å². The van der Waals surface area contributed by atoms with Gasteiger partial charge in [-0.3, -0.25) is 14.7 Å². The largest absolute Gasteiger partial charge is 0.395 e. The third-order valence-corrected chi connectivity index (χ3v) is 4.81. The molecule has 136 valence electrons. The summed E-state index contributed by atoms with van der Waals surface area (Å²) in [6, 6.07) is 7.34. The zero-order valence-electron chi connectivity index (χ0n) is 14.2. The van der Waals surface area contributed by atoms with Crippen LogP contribution >= 0.6 is 15.9 Å². The number of carbonyl (C=O) groups is 1. The predicted molar refractivity (Wildman–Crippen MR) is 104 cm³/mol. The van der Waals surface area contributed by atoms with E-state index in [0.29, 0.717) is 23.5 Å². The van der Waals surface area contributed by atoms with Gasteiger partial charge in [0.05, 0.1) is 6.61 Å². The number of aromatic nitrogens is 2. The highest BCUT2D eigenvalue weighted by molar-refractivity contribution is 9.10. The maximum Gasteiger partial charge on any atom is 0.213 e. The predicted octanol–water partition coefficient (Wildman–Crippen LogP) is 2.38. The van der Waals surface area contributed by atoms with Crippen LogP contribution in [0.3, 0.4) is 0 Å². The van der Waals surface area contributed by atoms with E-state index in [0.717, 1.165) is 36.5 Å². The van der Waals surface area contributed by atoms with Crippen LogP contribution in [0.2, 0.25) is 0 Å². The number of pyridine rings is 2. The highest BCUT2D eigenvalue weighted by Crippen LogP contribution is 2.19. The molecule has 0 radical (unpaired) electrons. The lowest BCUT2D eigenvalue weighted by atomic mass is 10.1. The normalized spacial score (nSPS) is 15.4. The topological polar surface area (TPSA) is 69.6 Å². The van der Waals surface area contributed by atoms with Gasteiger partial charge in [-0.05, 0) is 41.1 Å². The van der Waals surface area contributed by atoms with Crippen molar-refractivity contribution in [3.8, 4) is 0 Å². The SMILES string of the molecule is Cc1ncc(Br)cc1C(=O)c1cccc(N2CCN(CCO)CC2)n1.[HH].[HH]. The molecule has 7 heteroatoms. The van der Waals surface area contributed by atoms with Gasteiger partial charge in [0.2, 0.25) is 5.78 Å². The number of aliphatic hydroxyl groups excluding tert-OH is 1. The second-order valence-electron chi connectivity index (χ2n) is 6.05. The summed E-state index contributed by atoms with van der Waals surface area (Å²) in [5.74, 6) is 0.696. The minimum atomic E-state index is -0.118. The molecule has 1 fully saturated rings. The third-order valence-electron chi connectivity index (χ3n) is 4.38. The molecule has 0 unspecified atom stereocenters. The van der Waals surface area contributed by atoms with E-state index in [9.17, 15) is 4.79 Å². The lowest BCUT2D eigenvalue weighted by Crippen LogP contribution is -2.47. The molecule has 0 amide bonds. The molecule has 25 heavy (non-hydrogen) atoms. The molecule has 2 aromatic heterocycles. The van der Waals surface area contributed by atoms with Gasteiger partial charge in [-0.1, -0.05) is 6.07 Å². The Morgan fingerprint density at radius 3 is 2.80 bits per heavy atom. The van der Waals surface area contributed by atoms with Gasteiger partial charge in [-0.15, -0.1) is 0 Å². The number of halogens is 1. The van der Waals surface area contributed by atoms with Crippen molar-refractivity contribution in [2.45, 2.75) is 6.92 Å². The number of hydrogen-bond donors (Lipinski definition) is 1. The van der Waals surface area contributed by atoms with Crippen LogP contribution in [-0.4, -0.2) is 65.1 Å². The number of anilines is 1. The molecule has 0 aliphatic carbocycles. The van der Waals surface area contributed by atoms with Crippen molar-refractivity contribution in [2.75, 3.05) is 44.2 Å². The van der Waals surface area contributed by atoms with Crippen molar-refractivity contribution in [3.63, 3.8) is 0 Å². The summed E-state index contributed by atoms with van der Waals surface area (Å²) in [7, 11) is 0. The van der Waals surface area contributed by atoms with Gasteiger partial charge in [0.25, 0.3) is 0 Å². The first-order chi connectivity index (χ1) is 12.1. The van der Waals surface area contributed by atoms with Gasteiger partial charge in [-0.25, -0.2) is 4.98 Å². The van der Waals surface area contributed by atoms with Crippen LogP contribution in [0.5, 0.6) is 0 Å². The summed E-state index contributed by atoms with van der Waals surface area (Å²) in [6.07, 6.45) is 1.68. The second kappa shape index (κ2) is 8.03. The molecule has 6 nitrogen and oxygen atoms in total. The molecule has 0 atom stereocenters. The summed E-state index contributed by atoms with van der Waals surface area (Å²) >= 11 is 3.37. The van der Waals surface area contributed by atoms with Crippen LogP contribution in [0, 0.1) is 6.92 Å². The molecule has 3 heterocycles. The van der Waals surface area contributed by atoms with Gasteiger partial charge in [0.15, 0.2) is 0 Å². The first kappa shape index (κ1) is 18.0. The van der Waals surface area contributed by atoms with Gasteiger partial charge in [0.1, 0.15) is 11.5 Å². The molecule has 0 spiro atoms. The number of hydrogen-bond acceptors (Lipinski definition) is 6. The monoisotopic (exact) mass is 408 g/mol. The maximum atomic E-state index is 12.8. The number of ketones is 1. The molecule has 1 saturated heterocycles. The molecular formula is C18H25BrN4O2. The van der Waals surface area contributed by atoms with Gasteiger partial charge >= 0.3 is 0 Å². The van der Waals surface area contributed by atoms with Crippen molar-refractivity contribution in [1.29, 1.82) is 0 Å². The Morgan fingerprint density at radius 1 is 1.32 bits per heavy atom. The number of aliphatic hydroxyl groups is 1. The number of carbonyl (C=O) groups excluding carboxylic acids is 1. The summed E-state index contributed by atoms with van der Waals surface area (Å²) < 4.78 is 0.776. The number of nitrogens with zero attached hydrogens (tertiary/aromatic N) is 4. The summed E-state index contributed by atoms with van der Waals surface area (Å²) in [5, 5.41) is 9.04. The summed E-state index contributed by atoms with van der Waals surface area (Å²) in [6.45, 7) is 6.15. The van der Waals surface area contributed by atoms with Crippen LogP contribution in [0.4, 0.5) is 5.82 Å². The van der Waals surface area contributed by atoms with E-state index in [-0.39, 0.29) is 15.2 Å². The van der Waals surface area contributed by atoms with Crippen LogP contribution in [-0.2, 0) is 0 Å². The molecule has 2 aromatic rings. The minimum Gasteiger partial charge on any atom is -0.395 e. The van der Waals surface area contributed by atoms with Crippen molar-refractivity contribution in [3.05, 3.63) is 51.9 Å². The summed E-state index contributed by atoms with van der Waals surface area (Å²) in [5.41, 5.74) is 1.68. The molecule has 1 aliphatic heterocycles. The Labute approximate surface area is 158 Å². The van der Waals surface area contributed by atoms with Gasteiger partial charge in [0, 0.05) is 57.5 Å². The van der Waals surface area contributed by atoms with E-state index in [4.69, 9.17) is 5.11 Å². The van der Waals surface area contributed by atoms with Crippen molar-refractivity contribution in [2.24, 2.45) is 0 Å². The minimum absolute atomic E-state index is 0. The number of β-amino-alcohol motifs (C(OH)–C–C–N with tert-alkyl or cyclic N) is 1. The molecule has 1 aliphatic rings. The highest BCUT2D eigenvalue weighted by atomic mass is 79.9. The number of piperazine rings is 1. The fourth-order valence-electron chi connectivity index (χ4n) is 2.94. The quantitative estimate of drug-likeness (QED) is 0.765. The van der Waals surface area contributed by atoms with Crippen LogP contribution < -0.4 is 4.90 Å². The van der Waals surface area contributed by atoms with Gasteiger partial charge < -0.3 is 10.0 Å². The first-order valence-corrected chi connectivity index (χ1v) is 9.10. The zero-order valence-corrected chi connectivity index (χ0v) is 15.7. The lowest BCUT2D eigenvalue weighted by molar-refractivity contribution is 0.103. The Balaban J connectivity index is 0.00000182.